The van der Waals surface area contributed by atoms with Crippen LogP contribution in [-0.4, -0.2) is 54.5 Å². The van der Waals surface area contributed by atoms with E-state index in [1.807, 2.05) is 0 Å². The van der Waals surface area contributed by atoms with Crippen molar-refractivity contribution in [2.45, 2.75) is 129 Å². The molecule has 0 bridgehead atoms. The maximum Gasteiger partial charge on any atom is 0.472 e. The number of ether oxygens (including phenoxy) is 2. The molecular weight excluding hydrogens is 499 g/mol. The lowest BCUT2D eigenvalue weighted by molar-refractivity contribution is -0.150. The van der Waals surface area contributed by atoms with E-state index in [9.17, 15) is 19.0 Å². The minimum atomic E-state index is -4.47. The molecular formula is C27H51O9P. The van der Waals surface area contributed by atoms with E-state index in [0.29, 0.717) is 12.8 Å². The summed E-state index contributed by atoms with van der Waals surface area (Å²) in [5, 5.41) is 8.61. The van der Waals surface area contributed by atoms with Gasteiger partial charge in [0.25, 0.3) is 0 Å². The molecule has 37 heavy (non-hydrogen) atoms. The lowest BCUT2D eigenvalue weighted by Crippen LogP contribution is -2.34. The van der Waals surface area contributed by atoms with Crippen LogP contribution in [0.1, 0.15) is 117 Å². The highest BCUT2D eigenvalue weighted by atomic mass is 31.2. The Morgan fingerprint density at radius 1 is 0.838 bits per heavy atom. The third-order valence-corrected chi connectivity index (χ3v) is 7.06. The molecule has 0 aliphatic heterocycles. The van der Waals surface area contributed by atoms with Crippen LogP contribution >= 0.6 is 7.82 Å². The second-order valence-corrected chi connectivity index (χ2v) is 10.7. The van der Waals surface area contributed by atoms with Crippen molar-refractivity contribution in [2.24, 2.45) is 0 Å². The normalized spacial score (nSPS) is 14.9. The first-order chi connectivity index (χ1) is 17.8. The Kier molecular flexibility index (Phi) is 23.0. The lowest BCUT2D eigenvalue weighted by Gasteiger charge is -2.26. The van der Waals surface area contributed by atoms with Crippen molar-refractivity contribution in [3.8, 4) is 0 Å². The first-order valence-corrected chi connectivity index (χ1v) is 15.5. The van der Waals surface area contributed by atoms with Gasteiger partial charge in [-0.25, -0.2) is 4.57 Å². The molecule has 10 heteroatoms. The van der Waals surface area contributed by atoms with Crippen LogP contribution in [0.2, 0.25) is 0 Å². The molecule has 0 radical (unpaired) electrons. The molecule has 0 fully saturated rings. The molecule has 0 saturated carbocycles. The van der Waals surface area contributed by atoms with Gasteiger partial charge in [0.05, 0.1) is 19.1 Å². The number of phosphoric ester groups is 1. The van der Waals surface area contributed by atoms with Gasteiger partial charge in [-0.05, 0) is 38.5 Å². The molecule has 0 amide bonds. The fourth-order valence-electron chi connectivity index (χ4n) is 3.77. The predicted octanol–water partition coefficient (Wildman–Crippen LogP) is 6.97. The summed E-state index contributed by atoms with van der Waals surface area (Å²) in [6.45, 7) is 3.39. The summed E-state index contributed by atoms with van der Waals surface area (Å²) in [6, 6.07) is 0. The maximum atomic E-state index is 12.1. The molecule has 0 saturated heterocycles. The molecule has 2 N–H and O–H groups in total. The zero-order chi connectivity index (χ0) is 27.8. The number of phosphoric acid groups is 1. The summed E-state index contributed by atoms with van der Waals surface area (Å²) < 4.78 is 32.4. The zero-order valence-corrected chi connectivity index (χ0v) is 24.1. The SMILES string of the molecule is CCCCCCCC/C=C\CCCCCCCC(=O)OCC(OC)C(CC)OP(=O)(O)OCCC(=O)O. The van der Waals surface area contributed by atoms with Crippen molar-refractivity contribution in [3.63, 3.8) is 0 Å². The van der Waals surface area contributed by atoms with Crippen LogP contribution in [0.5, 0.6) is 0 Å². The van der Waals surface area contributed by atoms with Gasteiger partial charge < -0.3 is 19.5 Å². The van der Waals surface area contributed by atoms with E-state index >= 15 is 0 Å². The van der Waals surface area contributed by atoms with Crippen LogP contribution in [0.15, 0.2) is 12.2 Å². The van der Waals surface area contributed by atoms with Gasteiger partial charge in [0.2, 0.25) is 0 Å². The van der Waals surface area contributed by atoms with E-state index in [1.54, 1.807) is 6.92 Å². The van der Waals surface area contributed by atoms with E-state index in [0.717, 1.165) is 32.1 Å². The quantitative estimate of drug-likeness (QED) is 0.0507. The standard InChI is InChI=1S/C27H51O9P/c1-4-6-7-8-9-10-11-12-13-14-15-16-17-18-19-20-27(30)34-23-25(33-3)24(5-2)36-37(31,32)35-22-21-26(28)29/h12-13,24-25H,4-11,14-23H2,1-3H3,(H,28,29)(H,31,32)/b13-12-. The molecule has 218 valence electrons. The smallest absolute Gasteiger partial charge is 0.472 e. The molecule has 3 unspecified atom stereocenters. The average Bonchev–Trinajstić information content (AvgIpc) is 2.85. The number of rotatable bonds is 26. The lowest BCUT2D eigenvalue weighted by atomic mass is 10.1. The Bertz CT molecular complexity index is 654. The summed E-state index contributed by atoms with van der Waals surface area (Å²) in [5.74, 6) is -1.50. The fourth-order valence-corrected chi connectivity index (χ4v) is 4.78. The van der Waals surface area contributed by atoms with Crippen LogP contribution in [0, 0.1) is 0 Å². The van der Waals surface area contributed by atoms with Crippen molar-refractivity contribution < 1.29 is 42.7 Å². The number of allylic oxidation sites excluding steroid dienone is 2. The average molecular weight is 551 g/mol. The van der Waals surface area contributed by atoms with E-state index < -0.39 is 39.0 Å². The van der Waals surface area contributed by atoms with Crippen molar-refractivity contribution in [2.75, 3.05) is 20.3 Å². The van der Waals surface area contributed by atoms with E-state index in [1.165, 1.54) is 58.5 Å². The molecule has 9 nitrogen and oxygen atoms in total. The van der Waals surface area contributed by atoms with Gasteiger partial charge in [0, 0.05) is 13.5 Å². The highest BCUT2D eigenvalue weighted by Crippen LogP contribution is 2.45. The van der Waals surface area contributed by atoms with Crippen LogP contribution in [0.3, 0.4) is 0 Å². The van der Waals surface area contributed by atoms with E-state index in [4.69, 9.17) is 19.1 Å². The van der Waals surface area contributed by atoms with Crippen LogP contribution < -0.4 is 0 Å². The number of carbonyl (C=O) groups excluding carboxylic acids is 1. The number of hydrogen-bond donors (Lipinski definition) is 2. The summed E-state index contributed by atoms with van der Waals surface area (Å²) in [6.07, 6.45) is 18.6. The van der Waals surface area contributed by atoms with Crippen LogP contribution in [0.4, 0.5) is 0 Å². The summed E-state index contributed by atoms with van der Waals surface area (Å²) in [5.41, 5.74) is 0. The molecule has 0 rings (SSSR count). The molecule has 0 aromatic carbocycles. The number of carbonyl (C=O) groups is 2. The van der Waals surface area contributed by atoms with Crippen molar-refractivity contribution in [1.29, 1.82) is 0 Å². The molecule has 0 spiro atoms. The second-order valence-electron chi connectivity index (χ2n) is 9.29. The Morgan fingerprint density at radius 2 is 1.41 bits per heavy atom. The highest BCUT2D eigenvalue weighted by molar-refractivity contribution is 7.47. The molecule has 0 heterocycles. The first kappa shape index (κ1) is 35.8. The number of esters is 1. The Morgan fingerprint density at radius 3 is 1.95 bits per heavy atom. The van der Waals surface area contributed by atoms with Crippen LogP contribution in [-0.2, 0) is 32.7 Å². The Balaban J connectivity index is 3.93. The molecule has 0 aliphatic rings. The van der Waals surface area contributed by atoms with Crippen molar-refractivity contribution >= 4 is 19.8 Å². The molecule has 0 aliphatic carbocycles. The third-order valence-electron chi connectivity index (χ3n) is 6.01. The maximum absolute atomic E-state index is 12.1. The third kappa shape index (κ3) is 22.4. The largest absolute Gasteiger partial charge is 0.481 e. The van der Waals surface area contributed by atoms with Gasteiger partial charge >= 0.3 is 19.8 Å². The zero-order valence-electron chi connectivity index (χ0n) is 23.2. The number of carboxylic acids is 1. The summed E-state index contributed by atoms with van der Waals surface area (Å²) >= 11 is 0. The summed E-state index contributed by atoms with van der Waals surface area (Å²) in [7, 11) is -3.08. The molecule has 3 atom stereocenters. The number of hydrogen-bond acceptors (Lipinski definition) is 7. The van der Waals surface area contributed by atoms with Gasteiger partial charge in [0.15, 0.2) is 0 Å². The topological polar surface area (TPSA) is 129 Å². The van der Waals surface area contributed by atoms with Gasteiger partial charge in [0.1, 0.15) is 12.7 Å². The van der Waals surface area contributed by atoms with Gasteiger partial charge in [-0.3, -0.25) is 18.6 Å². The monoisotopic (exact) mass is 550 g/mol. The number of unbranched alkanes of at least 4 members (excludes halogenated alkanes) is 11. The van der Waals surface area contributed by atoms with Crippen LogP contribution in [0.25, 0.3) is 0 Å². The summed E-state index contributed by atoms with van der Waals surface area (Å²) in [4.78, 5) is 32.4. The first-order valence-electron chi connectivity index (χ1n) is 14.0. The Hall–Kier alpha value is -1.25. The number of carboxylic acid groups (broad SMARTS) is 1. The van der Waals surface area contributed by atoms with Crippen molar-refractivity contribution in [1.82, 2.24) is 0 Å². The van der Waals surface area contributed by atoms with E-state index in [-0.39, 0.29) is 12.6 Å². The number of aliphatic carboxylic acids is 1. The minimum Gasteiger partial charge on any atom is -0.481 e. The predicted molar refractivity (Wildman–Crippen MR) is 144 cm³/mol. The highest BCUT2D eigenvalue weighted by Gasteiger charge is 2.32. The van der Waals surface area contributed by atoms with Gasteiger partial charge in [-0.15, -0.1) is 0 Å². The fraction of sp³-hybridized carbons (Fsp3) is 0.852. The Labute approximate surface area is 223 Å². The van der Waals surface area contributed by atoms with Crippen molar-refractivity contribution in [3.05, 3.63) is 12.2 Å². The van der Waals surface area contributed by atoms with Gasteiger partial charge in [-0.1, -0.05) is 77.4 Å². The molecule has 0 aromatic heterocycles. The van der Waals surface area contributed by atoms with Gasteiger partial charge in [-0.2, -0.15) is 0 Å². The van der Waals surface area contributed by atoms with E-state index in [2.05, 4.69) is 23.6 Å². The second kappa shape index (κ2) is 23.8. The number of methoxy groups -OCH3 is 1. The molecule has 0 aromatic rings. The minimum absolute atomic E-state index is 0.117.